The van der Waals surface area contributed by atoms with Crippen LogP contribution in [-0.2, 0) is 29.5 Å². The SMILES string of the molecule is COc1cc2c(cc1OC)CC1(CCCCN1CCCC(CCCNC(=O)CCc1ccc(Cl)cc1)(c1ccccc1)c1ccccc1)CC2. The second-order valence-corrected chi connectivity index (χ2v) is 14.8. The van der Waals surface area contributed by atoms with E-state index in [1.807, 2.05) is 24.3 Å². The number of amides is 1. The van der Waals surface area contributed by atoms with E-state index in [-0.39, 0.29) is 16.9 Å². The second kappa shape index (κ2) is 16.9. The summed E-state index contributed by atoms with van der Waals surface area (Å²) in [5, 5.41) is 3.94. The Morgan fingerprint density at radius 3 is 2.12 bits per heavy atom. The van der Waals surface area contributed by atoms with E-state index in [1.54, 1.807) is 14.2 Å². The number of nitrogens with one attached hydrogen (secondary N) is 1. The molecule has 6 rings (SSSR count). The number of fused-ring (bicyclic) bond motifs is 1. The first-order valence-electron chi connectivity index (χ1n) is 18.6. The van der Waals surface area contributed by atoms with Crippen LogP contribution in [0.3, 0.4) is 0 Å². The number of benzene rings is 4. The van der Waals surface area contributed by atoms with Gasteiger partial charge in [0.05, 0.1) is 14.2 Å². The fraction of sp³-hybridized carbons (Fsp3) is 0.432. The second-order valence-electron chi connectivity index (χ2n) is 14.3. The number of likely N-dealkylation sites (tertiary alicyclic amines) is 1. The number of piperidine rings is 1. The average molecular weight is 693 g/mol. The standard InChI is InChI=1S/C44H53ClN2O3/c1-49-40-31-35-23-27-43(33-36(35)32-41(40)50-2)24-9-10-29-47(43)30-12-26-44(37-13-5-3-6-14-37,38-15-7-4-8-16-38)25-11-28-46-42(48)22-19-34-17-20-39(45)21-18-34/h3-8,13-18,20-21,31-32H,9-12,19,22-30,33H2,1-2H3,(H,46,48). The molecule has 50 heavy (non-hydrogen) atoms. The van der Waals surface area contributed by atoms with Gasteiger partial charge in [-0.05, 0) is 129 Å². The number of aryl methyl sites for hydroxylation is 2. The zero-order valence-electron chi connectivity index (χ0n) is 29.9. The summed E-state index contributed by atoms with van der Waals surface area (Å²) in [4.78, 5) is 15.7. The van der Waals surface area contributed by atoms with Gasteiger partial charge in [-0.25, -0.2) is 0 Å². The Labute approximate surface area is 304 Å². The molecule has 0 radical (unpaired) electrons. The van der Waals surface area contributed by atoms with E-state index in [9.17, 15) is 4.79 Å². The van der Waals surface area contributed by atoms with Gasteiger partial charge in [-0.3, -0.25) is 9.69 Å². The monoisotopic (exact) mass is 692 g/mol. The van der Waals surface area contributed by atoms with Crippen LogP contribution in [0, 0.1) is 0 Å². The first-order chi connectivity index (χ1) is 24.4. The molecule has 0 bridgehead atoms. The minimum atomic E-state index is -0.136. The topological polar surface area (TPSA) is 50.8 Å². The van der Waals surface area contributed by atoms with Gasteiger partial charge in [-0.15, -0.1) is 0 Å². The Bertz CT molecular complexity index is 1640. The van der Waals surface area contributed by atoms with Crippen molar-refractivity contribution in [3.8, 4) is 11.5 Å². The Morgan fingerprint density at radius 1 is 0.820 bits per heavy atom. The van der Waals surface area contributed by atoms with Crippen LogP contribution in [0.4, 0.5) is 0 Å². The fourth-order valence-corrected chi connectivity index (χ4v) is 8.85. The lowest BCUT2D eigenvalue weighted by Gasteiger charge is -2.50. The first-order valence-corrected chi connectivity index (χ1v) is 18.9. The highest BCUT2D eigenvalue weighted by Gasteiger charge is 2.42. The maximum atomic E-state index is 12.8. The van der Waals surface area contributed by atoms with Crippen molar-refractivity contribution >= 4 is 17.5 Å². The Hall–Kier alpha value is -3.80. The number of methoxy groups -OCH3 is 2. The highest BCUT2D eigenvalue weighted by Crippen LogP contribution is 2.45. The molecule has 0 aromatic heterocycles. The minimum Gasteiger partial charge on any atom is -0.493 e. The van der Waals surface area contributed by atoms with Crippen LogP contribution >= 0.6 is 11.6 Å². The van der Waals surface area contributed by atoms with Crippen molar-refractivity contribution < 1.29 is 14.3 Å². The number of hydrogen-bond acceptors (Lipinski definition) is 4. The number of hydrogen-bond donors (Lipinski definition) is 1. The van der Waals surface area contributed by atoms with Gasteiger partial charge in [-0.2, -0.15) is 0 Å². The van der Waals surface area contributed by atoms with E-state index in [1.165, 1.54) is 47.9 Å². The van der Waals surface area contributed by atoms with E-state index >= 15 is 0 Å². The summed E-state index contributed by atoms with van der Waals surface area (Å²) >= 11 is 6.04. The number of ether oxygens (including phenoxy) is 2. The summed E-state index contributed by atoms with van der Waals surface area (Å²) < 4.78 is 11.3. The van der Waals surface area contributed by atoms with Crippen LogP contribution in [0.5, 0.6) is 11.5 Å². The molecule has 2 aliphatic rings. The van der Waals surface area contributed by atoms with Crippen molar-refractivity contribution in [2.45, 2.75) is 88.0 Å². The van der Waals surface area contributed by atoms with E-state index in [0.29, 0.717) is 19.4 Å². The Balaban J connectivity index is 1.15. The lowest BCUT2D eigenvalue weighted by molar-refractivity contribution is -0.121. The van der Waals surface area contributed by atoms with Gasteiger partial charge >= 0.3 is 0 Å². The van der Waals surface area contributed by atoms with E-state index < -0.39 is 0 Å². The number of halogens is 1. The van der Waals surface area contributed by atoms with Crippen LogP contribution in [0.15, 0.2) is 97.1 Å². The fourth-order valence-electron chi connectivity index (χ4n) is 8.73. The average Bonchev–Trinajstić information content (AvgIpc) is 3.16. The normalized spacial score (nSPS) is 17.7. The molecule has 6 heteroatoms. The van der Waals surface area contributed by atoms with Crippen LogP contribution < -0.4 is 14.8 Å². The maximum absolute atomic E-state index is 12.8. The third-order valence-corrected chi connectivity index (χ3v) is 11.7. The Kier molecular flexibility index (Phi) is 12.2. The highest BCUT2D eigenvalue weighted by atomic mass is 35.5. The van der Waals surface area contributed by atoms with Crippen molar-refractivity contribution in [2.75, 3.05) is 33.9 Å². The Morgan fingerprint density at radius 2 is 1.46 bits per heavy atom. The molecule has 1 N–H and O–H groups in total. The molecule has 1 aliphatic carbocycles. The zero-order valence-corrected chi connectivity index (χ0v) is 30.7. The number of nitrogens with zero attached hydrogens (tertiary/aromatic N) is 1. The van der Waals surface area contributed by atoms with E-state index in [0.717, 1.165) is 73.7 Å². The molecule has 264 valence electrons. The quantitative estimate of drug-likeness (QED) is 0.126. The molecule has 1 heterocycles. The lowest BCUT2D eigenvalue weighted by Crippen LogP contribution is -2.55. The summed E-state index contributed by atoms with van der Waals surface area (Å²) in [5.74, 6) is 1.77. The van der Waals surface area contributed by atoms with Crippen molar-refractivity contribution in [1.29, 1.82) is 0 Å². The summed E-state index contributed by atoms with van der Waals surface area (Å²) in [5.41, 5.74) is 6.74. The lowest BCUT2D eigenvalue weighted by atomic mass is 9.68. The van der Waals surface area contributed by atoms with Crippen molar-refractivity contribution in [3.05, 3.63) is 130 Å². The van der Waals surface area contributed by atoms with Gasteiger partial charge in [0.1, 0.15) is 0 Å². The third kappa shape index (κ3) is 8.38. The molecule has 1 atom stereocenters. The predicted molar refractivity (Wildman–Crippen MR) is 205 cm³/mol. The molecule has 1 fully saturated rings. The molecular weight excluding hydrogens is 640 g/mol. The number of carbonyl (C=O) groups is 1. The van der Waals surface area contributed by atoms with Gasteiger partial charge in [0.25, 0.3) is 0 Å². The molecule has 1 spiro atoms. The summed E-state index contributed by atoms with van der Waals surface area (Å²) in [7, 11) is 3.46. The van der Waals surface area contributed by atoms with Gasteiger partial charge in [0.15, 0.2) is 11.5 Å². The predicted octanol–water partition coefficient (Wildman–Crippen LogP) is 9.37. The van der Waals surface area contributed by atoms with Crippen molar-refractivity contribution in [2.24, 2.45) is 0 Å². The molecule has 1 saturated heterocycles. The maximum Gasteiger partial charge on any atom is 0.220 e. The van der Waals surface area contributed by atoms with Crippen LogP contribution in [0.1, 0.15) is 85.6 Å². The van der Waals surface area contributed by atoms with Crippen LogP contribution in [-0.4, -0.2) is 50.2 Å². The smallest absolute Gasteiger partial charge is 0.220 e. The number of carbonyl (C=O) groups excluding carboxylic acids is 1. The summed E-state index contributed by atoms with van der Waals surface area (Å²) in [6, 6.07) is 34.3. The van der Waals surface area contributed by atoms with Gasteiger partial charge in [0, 0.05) is 28.9 Å². The minimum absolute atomic E-state index is 0.102. The molecule has 1 unspecified atom stereocenters. The highest BCUT2D eigenvalue weighted by molar-refractivity contribution is 6.30. The van der Waals surface area contributed by atoms with Gasteiger partial charge in [0.2, 0.25) is 5.91 Å². The molecule has 1 amide bonds. The zero-order chi connectivity index (χ0) is 34.8. The molecule has 4 aromatic rings. The molecule has 0 saturated carbocycles. The van der Waals surface area contributed by atoms with E-state index in [2.05, 4.69) is 83.0 Å². The van der Waals surface area contributed by atoms with Crippen molar-refractivity contribution in [1.82, 2.24) is 10.2 Å². The number of rotatable bonds is 15. The summed E-state index contributed by atoms with van der Waals surface area (Å²) in [6.45, 7) is 2.92. The third-order valence-electron chi connectivity index (χ3n) is 11.4. The van der Waals surface area contributed by atoms with E-state index in [4.69, 9.17) is 21.1 Å². The first kappa shape index (κ1) is 36.0. The molecular formula is C44H53ClN2O3. The largest absolute Gasteiger partial charge is 0.493 e. The van der Waals surface area contributed by atoms with Crippen LogP contribution in [0.25, 0.3) is 0 Å². The van der Waals surface area contributed by atoms with Crippen molar-refractivity contribution in [3.63, 3.8) is 0 Å². The van der Waals surface area contributed by atoms with Crippen LogP contribution in [0.2, 0.25) is 5.02 Å². The molecule has 4 aromatic carbocycles. The molecule has 5 nitrogen and oxygen atoms in total. The van der Waals surface area contributed by atoms with Gasteiger partial charge in [-0.1, -0.05) is 90.8 Å². The molecule has 1 aliphatic heterocycles. The van der Waals surface area contributed by atoms with Gasteiger partial charge < -0.3 is 14.8 Å². The summed E-state index contributed by atoms with van der Waals surface area (Å²) in [6.07, 6.45) is 12.4.